The molecule has 0 aliphatic rings. The van der Waals surface area contributed by atoms with Gasteiger partial charge in [-0.3, -0.25) is 9.67 Å². The molecule has 0 saturated heterocycles. The van der Waals surface area contributed by atoms with Crippen LogP contribution in [0.5, 0.6) is 0 Å². The molecule has 0 unspecified atom stereocenters. The summed E-state index contributed by atoms with van der Waals surface area (Å²) < 4.78 is 1.79. The Hall–Kier alpha value is -4.00. The van der Waals surface area contributed by atoms with Gasteiger partial charge < -0.3 is 16.0 Å². The quantitative estimate of drug-likeness (QED) is 0.431. The van der Waals surface area contributed by atoms with Crippen LogP contribution in [0.1, 0.15) is 5.56 Å². The SMILES string of the molecule is CNc1nc(Nc2cc(-c3ccccc3)nn2C)cc(-c2ccccn2)c1C=N. The lowest BCUT2D eigenvalue weighted by atomic mass is 10.1. The average Bonchev–Trinajstić information content (AvgIpc) is 3.14. The molecule has 7 nitrogen and oxygen atoms in total. The molecule has 1 aromatic carbocycles. The van der Waals surface area contributed by atoms with E-state index >= 15 is 0 Å². The van der Waals surface area contributed by atoms with Gasteiger partial charge in [-0.2, -0.15) is 5.10 Å². The zero-order valence-corrected chi connectivity index (χ0v) is 16.2. The lowest BCUT2D eigenvalue weighted by Gasteiger charge is -2.14. The maximum atomic E-state index is 7.84. The zero-order valence-electron chi connectivity index (χ0n) is 16.2. The van der Waals surface area contributed by atoms with Gasteiger partial charge in [0.2, 0.25) is 0 Å². The molecule has 4 rings (SSSR count). The van der Waals surface area contributed by atoms with Crippen molar-refractivity contribution in [1.82, 2.24) is 19.7 Å². The smallest absolute Gasteiger partial charge is 0.137 e. The lowest BCUT2D eigenvalue weighted by molar-refractivity contribution is 0.779. The predicted octanol–water partition coefficient (Wildman–Crippen LogP) is 4.33. The summed E-state index contributed by atoms with van der Waals surface area (Å²) in [6.45, 7) is 0. The molecular weight excluding hydrogens is 362 g/mol. The van der Waals surface area contributed by atoms with Crippen LogP contribution in [0.4, 0.5) is 17.5 Å². The van der Waals surface area contributed by atoms with Gasteiger partial charge in [0.15, 0.2) is 0 Å². The Morgan fingerprint density at radius 1 is 1.00 bits per heavy atom. The highest BCUT2D eigenvalue weighted by Crippen LogP contribution is 2.30. The van der Waals surface area contributed by atoms with Gasteiger partial charge >= 0.3 is 0 Å². The van der Waals surface area contributed by atoms with Crippen molar-refractivity contribution in [2.75, 3.05) is 17.7 Å². The molecular formula is C22H21N7. The summed E-state index contributed by atoms with van der Waals surface area (Å²) in [6, 6.07) is 19.6. The summed E-state index contributed by atoms with van der Waals surface area (Å²) in [6.07, 6.45) is 3.03. The first-order chi connectivity index (χ1) is 14.2. The van der Waals surface area contributed by atoms with Crippen LogP contribution in [0, 0.1) is 5.41 Å². The molecule has 0 radical (unpaired) electrons. The Kier molecular flexibility index (Phi) is 5.03. The van der Waals surface area contributed by atoms with Crippen LogP contribution in [0.15, 0.2) is 66.9 Å². The zero-order chi connectivity index (χ0) is 20.2. The lowest BCUT2D eigenvalue weighted by Crippen LogP contribution is -2.06. The van der Waals surface area contributed by atoms with Gasteiger partial charge in [0.1, 0.15) is 17.5 Å². The molecule has 4 aromatic rings. The van der Waals surface area contributed by atoms with E-state index in [1.165, 1.54) is 6.21 Å². The van der Waals surface area contributed by atoms with E-state index in [9.17, 15) is 0 Å². The van der Waals surface area contributed by atoms with Crippen molar-refractivity contribution in [1.29, 1.82) is 5.41 Å². The van der Waals surface area contributed by atoms with Crippen molar-refractivity contribution >= 4 is 23.7 Å². The molecule has 29 heavy (non-hydrogen) atoms. The van der Waals surface area contributed by atoms with Crippen LogP contribution < -0.4 is 10.6 Å². The molecule has 7 heteroatoms. The topological polar surface area (TPSA) is 91.5 Å². The van der Waals surface area contributed by atoms with Gasteiger partial charge in [-0.05, 0) is 18.2 Å². The van der Waals surface area contributed by atoms with Crippen LogP contribution in [-0.4, -0.2) is 33.0 Å². The number of benzene rings is 1. The minimum Gasteiger partial charge on any atom is -0.373 e. The molecule has 0 amide bonds. The van der Waals surface area contributed by atoms with Crippen LogP contribution >= 0.6 is 0 Å². The molecule has 0 aliphatic carbocycles. The normalized spacial score (nSPS) is 10.6. The van der Waals surface area contributed by atoms with Crippen LogP contribution in [-0.2, 0) is 7.05 Å². The Morgan fingerprint density at radius 3 is 2.48 bits per heavy atom. The largest absolute Gasteiger partial charge is 0.373 e. The van der Waals surface area contributed by atoms with Crippen LogP contribution in [0.3, 0.4) is 0 Å². The van der Waals surface area contributed by atoms with Gasteiger partial charge in [-0.1, -0.05) is 36.4 Å². The molecule has 0 saturated carbocycles. The summed E-state index contributed by atoms with van der Waals surface area (Å²) >= 11 is 0. The van der Waals surface area contributed by atoms with E-state index in [0.29, 0.717) is 17.2 Å². The van der Waals surface area contributed by atoms with Crippen LogP contribution in [0.25, 0.3) is 22.5 Å². The predicted molar refractivity (Wildman–Crippen MR) is 117 cm³/mol. The summed E-state index contributed by atoms with van der Waals surface area (Å²) in [4.78, 5) is 9.06. The first-order valence-electron chi connectivity index (χ1n) is 9.20. The number of hydrogen-bond donors (Lipinski definition) is 3. The highest BCUT2D eigenvalue weighted by molar-refractivity contribution is 5.95. The third kappa shape index (κ3) is 3.70. The fourth-order valence-corrected chi connectivity index (χ4v) is 3.16. The van der Waals surface area contributed by atoms with E-state index in [4.69, 9.17) is 5.41 Å². The van der Waals surface area contributed by atoms with Crippen molar-refractivity contribution in [3.05, 3.63) is 72.4 Å². The maximum Gasteiger partial charge on any atom is 0.137 e. The Balaban J connectivity index is 1.75. The molecule has 0 aliphatic heterocycles. The van der Waals surface area contributed by atoms with Gasteiger partial charge in [-0.25, -0.2) is 4.98 Å². The number of aryl methyl sites for hydroxylation is 1. The van der Waals surface area contributed by atoms with E-state index in [2.05, 4.69) is 25.7 Å². The number of nitrogens with one attached hydrogen (secondary N) is 3. The highest BCUT2D eigenvalue weighted by Gasteiger charge is 2.14. The maximum absolute atomic E-state index is 7.84. The van der Waals surface area contributed by atoms with E-state index in [-0.39, 0.29) is 0 Å². The van der Waals surface area contributed by atoms with Crippen molar-refractivity contribution in [3.63, 3.8) is 0 Å². The van der Waals surface area contributed by atoms with Gasteiger partial charge in [-0.15, -0.1) is 0 Å². The number of hydrogen-bond acceptors (Lipinski definition) is 6. The third-order valence-corrected chi connectivity index (χ3v) is 4.59. The van der Waals surface area contributed by atoms with E-state index in [1.807, 2.05) is 67.7 Å². The number of pyridine rings is 2. The van der Waals surface area contributed by atoms with Gasteiger partial charge in [0, 0.05) is 49.3 Å². The highest BCUT2D eigenvalue weighted by atomic mass is 15.3. The second-order valence-electron chi connectivity index (χ2n) is 6.46. The summed E-state index contributed by atoms with van der Waals surface area (Å²) in [5.74, 6) is 2.06. The third-order valence-electron chi connectivity index (χ3n) is 4.59. The summed E-state index contributed by atoms with van der Waals surface area (Å²) in [5.41, 5.74) is 4.22. The minimum absolute atomic E-state index is 0.608. The first-order valence-corrected chi connectivity index (χ1v) is 9.20. The van der Waals surface area contributed by atoms with Crippen molar-refractivity contribution < 1.29 is 0 Å². The number of rotatable bonds is 6. The van der Waals surface area contributed by atoms with Crippen molar-refractivity contribution in [2.24, 2.45) is 7.05 Å². The monoisotopic (exact) mass is 383 g/mol. The molecule has 0 atom stereocenters. The molecule has 0 fully saturated rings. The molecule has 3 aromatic heterocycles. The molecule has 144 valence electrons. The van der Waals surface area contributed by atoms with E-state index in [1.54, 1.807) is 17.9 Å². The molecule has 3 heterocycles. The number of nitrogens with zero attached hydrogens (tertiary/aromatic N) is 4. The Morgan fingerprint density at radius 2 is 1.79 bits per heavy atom. The summed E-state index contributed by atoms with van der Waals surface area (Å²) in [7, 11) is 3.68. The molecule has 3 N–H and O–H groups in total. The summed E-state index contributed by atoms with van der Waals surface area (Å²) in [5, 5.41) is 18.9. The van der Waals surface area contributed by atoms with Crippen molar-refractivity contribution in [2.45, 2.75) is 0 Å². The average molecular weight is 383 g/mol. The second-order valence-corrected chi connectivity index (χ2v) is 6.46. The van der Waals surface area contributed by atoms with E-state index in [0.717, 1.165) is 28.3 Å². The number of aromatic nitrogens is 4. The van der Waals surface area contributed by atoms with Gasteiger partial charge in [0.05, 0.1) is 11.4 Å². The Labute approximate surface area is 169 Å². The molecule has 0 bridgehead atoms. The van der Waals surface area contributed by atoms with Crippen molar-refractivity contribution in [3.8, 4) is 22.5 Å². The fourth-order valence-electron chi connectivity index (χ4n) is 3.16. The number of anilines is 3. The fraction of sp³-hybridized carbons (Fsp3) is 0.0909. The Bertz CT molecular complexity index is 1130. The minimum atomic E-state index is 0.608. The van der Waals surface area contributed by atoms with E-state index < -0.39 is 0 Å². The second kappa shape index (κ2) is 7.93. The van der Waals surface area contributed by atoms with Crippen LogP contribution in [0.2, 0.25) is 0 Å². The van der Waals surface area contributed by atoms with Gasteiger partial charge in [0.25, 0.3) is 0 Å². The standard InChI is InChI=1S/C22H21N7/c1-24-22-17(14-23)16(18-10-6-7-11-25-18)12-20(27-22)26-21-13-19(28-29(21)2)15-8-4-3-5-9-15/h3-14,23H,1-2H3,(H2,24,26,27). The molecule has 0 spiro atoms. The first kappa shape index (κ1) is 18.4.